The average Bonchev–Trinajstić information content (AvgIpc) is 2.76. The van der Waals surface area contributed by atoms with Crippen LogP contribution in [0.1, 0.15) is 27.7 Å². The fraction of sp³-hybridized carbons (Fsp3) is 0.167. The van der Waals surface area contributed by atoms with Crippen molar-refractivity contribution in [3.63, 3.8) is 0 Å². The number of aryl methyl sites for hydroxylation is 1. The van der Waals surface area contributed by atoms with E-state index >= 15 is 0 Å². The number of ketones is 1. The second-order valence-electron chi connectivity index (χ2n) is 3.35. The zero-order chi connectivity index (χ0) is 11.5. The molecule has 0 aliphatic carbocycles. The Kier molecular flexibility index (Phi) is 3.10. The number of rotatable bonds is 3. The minimum absolute atomic E-state index is 0.154. The molecule has 0 aromatic carbocycles. The highest BCUT2D eigenvalue weighted by Gasteiger charge is 2.15. The minimum atomic E-state index is -0.486. The van der Waals surface area contributed by atoms with Crippen LogP contribution in [0.15, 0.2) is 29.9 Å². The van der Waals surface area contributed by atoms with Crippen molar-refractivity contribution < 1.29 is 9.18 Å². The molecule has 0 amide bonds. The van der Waals surface area contributed by atoms with Crippen molar-refractivity contribution in [3.8, 4) is 0 Å². The van der Waals surface area contributed by atoms with Crippen LogP contribution in [0.25, 0.3) is 0 Å². The average molecular weight is 235 g/mol. The van der Waals surface area contributed by atoms with Crippen molar-refractivity contribution in [2.45, 2.75) is 13.3 Å². The molecule has 2 aromatic rings. The maximum Gasteiger partial charge on any atom is 0.204 e. The Bertz CT molecular complexity index is 521. The maximum atomic E-state index is 12.9. The van der Waals surface area contributed by atoms with Crippen LogP contribution in [-0.4, -0.2) is 10.8 Å². The molecule has 0 aliphatic rings. The van der Waals surface area contributed by atoms with Gasteiger partial charge >= 0.3 is 0 Å². The topological polar surface area (TPSA) is 30.0 Å². The molecule has 4 heteroatoms. The standard InChI is InChI=1S/C12H10FNOS/c1-2-8-3-4-16-12(8)11(15)9-5-10(13)7-14-6-9/h3-7H,2H2,1H3. The molecule has 0 unspecified atom stereocenters. The third-order valence-corrected chi connectivity index (χ3v) is 3.26. The summed E-state index contributed by atoms with van der Waals surface area (Å²) >= 11 is 1.38. The molecule has 0 bridgehead atoms. The van der Waals surface area contributed by atoms with E-state index < -0.39 is 5.82 Å². The molecule has 2 aromatic heterocycles. The lowest BCUT2D eigenvalue weighted by atomic mass is 10.1. The summed E-state index contributed by atoms with van der Waals surface area (Å²) in [5.41, 5.74) is 1.30. The summed E-state index contributed by atoms with van der Waals surface area (Å²) in [5.74, 6) is -0.640. The van der Waals surface area contributed by atoms with Crippen LogP contribution in [0, 0.1) is 5.82 Å². The molecule has 0 fully saturated rings. The van der Waals surface area contributed by atoms with Crippen molar-refractivity contribution in [1.82, 2.24) is 4.98 Å². The van der Waals surface area contributed by atoms with Gasteiger partial charge < -0.3 is 0 Å². The van der Waals surface area contributed by atoms with Gasteiger partial charge in [-0.2, -0.15) is 0 Å². The number of pyridine rings is 1. The van der Waals surface area contributed by atoms with Crippen molar-refractivity contribution in [1.29, 1.82) is 0 Å². The van der Waals surface area contributed by atoms with E-state index in [-0.39, 0.29) is 5.78 Å². The van der Waals surface area contributed by atoms with Gasteiger partial charge in [0.1, 0.15) is 5.82 Å². The number of carbonyl (C=O) groups is 1. The molecule has 0 atom stereocenters. The molecular weight excluding hydrogens is 225 g/mol. The Hall–Kier alpha value is -1.55. The van der Waals surface area contributed by atoms with Crippen LogP contribution in [0.3, 0.4) is 0 Å². The van der Waals surface area contributed by atoms with Gasteiger partial charge in [0, 0.05) is 11.8 Å². The van der Waals surface area contributed by atoms with E-state index in [1.165, 1.54) is 23.6 Å². The fourth-order valence-corrected chi connectivity index (χ4v) is 2.44. The fourth-order valence-electron chi connectivity index (χ4n) is 1.48. The molecule has 2 heterocycles. The zero-order valence-corrected chi connectivity index (χ0v) is 9.55. The molecule has 0 spiro atoms. The highest BCUT2D eigenvalue weighted by molar-refractivity contribution is 7.12. The van der Waals surface area contributed by atoms with Gasteiger partial charge in [-0.25, -0.2) is 4.39 Å². The predicted octanol–water partition coefficient (Wildman–Crippen LogP) is 3.08. The number of nitrogens with zero attached hydrogens (tertiary/aromatic N) is 1. The first-order valence-corrected chi connectivity index (χ1v) is 5.82. The summed E-state index contributed by atoms with van der Waals surface area (Å²) in [6, 6.07) is 3.14. The van der Waals surface area contributed by atoms with E-state index in [0.717, 1.165) is 18.2 Å². The number of carbonyl (C=O) groups excluding carboxylic acids is 1. The van der Waals surface area contributed by atoms with Gasteiger partial charge in [0.15, 0.2) is 0 Å². The van der Waals surface area contributed by atoms with Crippen LogP contribution < -0.4 is 0 Å². The Morgan fingerprint density at radius 2 is 2.31 bits per heavy atom. The number of hydrogen-bond acceptors (Lipinski definition) is 3. The van der Waals surface area contributed by atoms with E-state index in [1.54, 1.807) is 0 Å². The SMILES string of the molecule is CCc1ccsc1C(=O)c1cncc(F)c1. The summed E-state index contributed by atoms with van der Waals surface area (Å²) in [5, 5.41) is 1.87. The zero-order valence-electron chi connectivity index (χ0n) is 8.74. The van der Waals surface area contributed by atoms with E-state index in [0.29, 0.717) is 10.4 Å². The maximum absolute atomic E-state index is 12.9. The van der Waals surface area contributed by atoms with Crippen LogP contribution in [0.4, 0.5) is 4.39 Å². The van der Waals surface area contributed by atoms with Crippen LogP contribution in [0.5, 0.6) is 0 Å². The van der Waals surface area contributed by atoms with E-state index in [2.05, 4.69) is 4.98 Å². The second kappa shape index (κ2) is 4.53. The predicted molar refractivity (Wildman–Crippen MR) is 61.3 cm³/mol. The van der Waals surface area contributed by atoms with Crippen molar-refractivity contribution in [3.05, 3.63) is 51.7 Å². The van der Waals surface area contributed by atoms with Gasteiger partial charge in [-0.1, -0.05) is 6.92 Å². The molecule has 2 nitrogen and oxygen atoms in total. The van der Waals surface area contributed by atoms with Crippen LogP contribution >= 0.6 is 11.3 Å². The first kappa shape index (κ1) is 11.0. The van der Waals surface area contributed by atoms with Gasteiger partial charge in [-0.15, -0.1) is 11.3 Å². The quantitative estimate of drug-likeness (QED) is 0.765. The molecule has 16 heavy (non-hydrogen) atoms. The minimum Gasteiger partial charge on any atom is -0.288 e. The van der Waals surface area contributed by atoms with E-state index in [4.69, 9.17) is 0 Å². The van der Waals surface area contributed by atoms with Gasteiger partial charge in [0.05, 0.1) is 11.1 Å². The Balaban J connectivity index is 2.39. The second-order valence-corrected chi connectivity index (χ2v) is 4.27. The normalized spacial score (nSPS) is 10.4. The van der Waals surface area contributed by atoms with E-state index in [1.807, 2.05) is 18.4 Å². The molecule has 0 aliphatic heterocycles. The summed E-state index contributed by atoms with van der Waals surface area (Å²) in [7, 11) is 0. The smallest absolute Gasteiger partial charge is 0.204 e. The Labute approximate surface area is 96.8 Å². The summed E-state index contributed by atoms with van der Waals surface area (Å²) in [6.45, 7) is 1.99. The third kappa shape index (κ3) is 2.02. The third-order valence-electron chi connectivity index (χ3n) is 2.30. The summed E-state index contributed by atoms with van der Waals surface area (Å²) < 4.78 is 12.9. The molecule has 0 radical (unpaired) electrons. The van der Waals surface area contributed by atoms with Crippen LogP contribution in [0.2, 0.25) is 0 Å². The lowest BCUT2D eigenvalue weighted by Gasteiger charge is -2.00. The van der Waals surface area contributed by atoms with E-state index in [9.17, 15) is 9.18 Å². The molecule has 0 saturated heterocycles. The lowest BCUT2D eigenvalue weighted by Crippen LogP contribution is -2.02. The number of thiophene rings is 1. The largest absolute Gasteiger partial charge is 0.288 e. The highest BCUT2D eigenvalue weighted by atomic mass is 32.1. The molecule has 0 N–H and O–H groups in total. The Morgan fingerprint density at radius 1 is 1.50 bits per heavy atom. The van der Waals surface area contributed by atoms with Gasteiger partial charge in [-0.05, 0) is 29.5 Å². The Morgan fingerprint density at radius 3 is 3.00 bits per heavy atom. The van der Waals surface area contributed by atoms with Crippen molar-refractivity contribution >= 4 is 17.1 Å². The first-order valence-electron chi connectivity index (χ1n) is 4.94. The molecular formula is C12H10FNOS. The monoisotopic (exact) mass is 235 g/mol. The van der Waals surface area contributed by atoms with Gasteiger partial charge in [-0.3, -0.25) is 9.78 Å². The molecule has 0 saturated carbocycles. The molecule has 82 valence electrons. The number of aromatic nitrogens is 1. The lowest BCUT2D eigenvalue weighted by molar-refractivity contribution is 0.104. The summed E-state index contributed by atoms with van der Waals surface area (Å²) in [6.07, 6.45) is 3.28. The highest BCUT2D eigenvalue weighted by Crippen LogP contribution is 2.21. The van der Waals surface area contributed by atoms with Crippen molar-refractivity contribution in [2.75, 3.05) is 0 Å². The number of halogens is 1. The van der Waals surface area contributed by atoms with Crippen LogP contribution in [-0.2, 0) is 6.42 Å². The number of hydrogen-bond donors (Lipinski definition) is 0. The molecule has 2 rings (SSSR count). The van der Waals surface area contributed by atoms with Crippen molar-refractivity contribution in [2.24, 2.45) is 0 Å². The van der Waals surface area contributed by atoms with Gasteiger partial charge in [0.25, 0.3) is 0 Å². The van der Waals surface area contributed by atoms with Gasteiger partial charge in [0.2, 0.25) is 5.78 Å². The first-order chi connectivity index (χ1) is 7.72. The summed E-state index contributed by atoms with van der Waals surface area (Å²) in [4.78, 5) is 16.4.